The van der Waals surface area contributed by atoms with Crippen LogP contribution in [0.25, 0.3) is 0 Å². The van der Waals surface area contributed by atoms with Crippen LogP contribution in [-0.4, -0.2) is 10.9 Å². The van der Waals surface area contributed by atoms with Crippen molar-refractivity contribution in [3.8, 4) is 0 Å². The average molecular weight is 165 g/mol. The van der Waals surface area contributed by atoms with E-state index >= 15 is 0 Å². The van der Waals surface area contributed by atoms with Crippen molar-refractivity contribution in [3.63, 3.8) is 0 Å². The molecular weight excluding hydrogens is 154 g/mol. The summed E-state index contributed by atoms with van der Waals surface area (Å²) in [5.41, 5.74) is 2.04. The van der Waals surface area contributed by atoms with Gasteiger partial charge < -0.3 is 4.52 Å². The molecule has 0 N–H and O–H groups in total. The Balaban J connectivity index is 2.44. The third kappa shape index (κ3) is 1.05. The summed E-state index contributed by atoms with van der Waals surface area (Å²) in [6.07, 6.45) is 4.23. The molecule has 0 fully saturated rings. The summed E-state index contributed by atoms with van der Waals surface area (Å²) in [7, 11) is 0. The molecule has 12 heavy (non-hydrogen) atoms. The fourth-order valence-electron chi connectivity index (χ4n) is 1.67. The largest absolute Gasteiger partial charge is 0.353 e. The minimum atomic E-state index is -0.00866. The van der Waals surface area contributed by atoms with E-state index in [4.69, 9.17) is 4.52 Å². The van der Waals surface area contributed by atoms with Crippen molar-refractivity contribution >= 4 is 5.78 Å². The summed E-state index contributed by atoms with van der Waals surface area (Å²) in [5.74, 6) is 0.468. The summed E-state index contributed by atoms with van der Waals surface area (Å²) in [4.78, 5) is 11.0. The molecule has 0 aliphatic heterocycles. The molecule has 0 saturated heterocycles. The summed E-state index contributed by atoms with van der Waals surface area (Å²) >= 11 is 0. The topological polar surface area (TPSA) is 43.1 Å². The zero-order chi connectivity index (χ0) is 8.55. The number of Topliss-reactive ketones (excluding diaryl/α,β-unsaturated/α-hetero) is 1. The maximum absolute atomic E-state index is 11.0. The van der Waals surface area contributed by atoms with E-state index in [1.54, 1.807) is 0 Å². The number of nitrogens with zero attached hydrogens (tertiary/aromatic N) is 1. The lowest BCUT2D eigenvalue weighted by Crippen LogP contribution is -2.04. The van der Waals surface area contributed by atoms with Crippen LogP contribution in [-0.2, 0) is 12.8 Å². The van der Waals surface area contributed by atoms with E-state index in [0.29, 0.717) is 5.76 Å². The molecular formula is C9H11NO2. The summed E-state index contributed by atoms with van der Waals surface area (Å²) in [5, 5.41) is 3.88. The van der Waals surface area contributed by atoms with Crippen LogP contribution in [0.4, 0.5) is 0 Å². The van der Waals surface area contributed by atoms with E-state index in [0.717, 1.165) is 36.9 Å². The van der Waals surface area contributed by atoms with Gasteiger partial charge >= 0.3 is 0 Å². The van der Waals surface area contributed by atoms with E-state index in [2.05, 4.69) is 5.16 Å². The maximum atomic E-state index is 11.0. The number of rotatable bonds is 1. The molecule has 1 aromatic heterocycles. The molecule has 2 rings (SSSR count). The molecule has 0 bridgehead atoms. The zero-order valence-electron chi connectivity index (χ0n) is 7.09. The molecule has 0 spiro atoms. The summed E-state index contributed by atoms with van der Waals surface area (Å²) in [6, 6.07) is 0. The Bertz CT molecular complexity index is 314. The van der Waals surface area contributed by atoms with E-state index in [-0.39, 0.29) is 5.78 Å². The second-order valence-corrected chi connectivity index (χ2v) is 3.20. The van der Waals surface area contributed by atoms with Crippen LogP contribution in [0.3, 0.4) is 0 Å². The molecule has 3 heteroatoms. The second-order valence-electron chi connectivity index (χ2n) is 3.20. The standard InChI is InChI=1S/C9H11NO2/c1-6(11)9-7-4-2-3-5-8(7)10-12-9/h2-5H2,1H3. The van der Waals surface area contributed by atoms with Gasteiger partial charge in [-0.15, -0.1) is 0 Å². The highest BCUT2D eigenvalue weighted by atomic mass is 16.5. The van der Waals surface area contributed by atoms with Crippen LogP contribution in [0.5, 0.6) is 0 Å². The molecule has 0 radical (unpaired) electrons. The molecule has 0 saturated carbocycles. The summed E-state index contributed by atoms with van der Waals surface area (Å²) in [6.45, 7) is 1.52. The smallest absolute Gasteiger partial charge is 0.205 e. The zero-order valence-corrected chi connectivity index (χ0v) is 7.09. The maximum Gasteiger partial charge on any atom is 0.205 e. The number of aromatic nitrogens is 1. The first-order valence-corrected chi connectivity index (χ1v) is 4.27. The third-order valence-corrected chi connectivity index (χ3v) is 2.28. The Labute approximate surface area is 70.7 Å². The molecule has 1 aliphatic carbocycles. The van der Waals surface area contributed by atoms with Crippen LogP contribution in [0.2, 0.25) is 0 Å². The van der Waals surface area contributed by atoms with Gasteiger partial charge in [-0.25, -0.2) is 0 Å². The monoisotopic (exact) mass is 165 g/mol. The quantitative estimate of drug-likeness (QED) is 0.595. The Kier molecular flexibility index (Phi) is 1.71. The predicted octanol–water partition coefficient (Wildman–Crippen LogP) is 1.76. The van der Waals surface area contributed by atoms with E-state index < -0.39 is 0 Å². The first-order valence-electron chi connectivity index (χ1n) is 4.27. The van der Waals surface area contributed by atoms with Gasteiger partial charge in [0, 0.05) is 12.5 Å². The predicted molar refractivity (Wildman–Crippen MR) is 43.1 cm³/mol. The van der Waals surface area contributed by atoms with Gasteiger partial charge in [0.25, 0.3) is 0 Å². The van der Waals surface area contributed by atoms with Crippen molar-refractivity contribution in [3.05, 3.63) is 17.0 Å². The molecule has 0 amide bonds. The fraction of sp³-hybridized carbons (Fsp3) is 0.556. The number of fused-ring (bicyclic) bond motifs is 1. The Morgan fingerprint density at radius 3 is 2.92 bits per heavy atom. The van der Waals surface area contributed by atoms with E-state index in [1.807, 2.05) is 0 Å². The van der Waals surface area contributed by atoms with Crippen molar-refractivity contribution < 1.29 is 9.32 Å². The molecule has 64 valence electrons. The van der Waals surface area contributed by atoms with Gasteiger partial charge in [0.2, 0.25) is 5.76 Å². The first-order chi connectivity index (χ1) is 5.79. The van der Waals surface area contributed by atoms with Crippen molar-refractivity contribution in [1.82, 2.24) is 5.16 Å². The number of carbonyl (C=O) groups excluding carboxylic acids is 1. The number of hydrogen-bond acceptors (Lipinski definition) is 3. The highest BCUT2D eigenvalue weighted by molar-refractivity contribution is 5.92. The normalized spacial score (nSPS) is 15.8. The van der Waals surface area contributed by atoms with Gasteiger partial charge in [-0.3, -0.25) is 4.79 Å². The van der Waals surface area contributed by atoms with Crippen LogP contribution in [0, 0.1) is 0 Å². The molecule has 0 atom stereocenters. The van der Waals surface area contributed by atoms with E-state index in [1.165, 1.54) is 6.92 Å². The first kappa shape index (κ1) is 7.53. The Morgan fingerprint density at radius 1 is 1.42 bits per heavy atom. The third-order valence-electron chi connectivity index (χ3n) is 2.28. The minimum Gasteiger partial charge on any atom is -0.353 e. The van der Waals surface area contributed by atoms with Crippen molar-refractivity contribution in [1.29, 1.82) is 0 Å². The summed E-state index contributed by atoms with van der Waals surface area (Å²) < 4.78 is 4.98. The van der Waals surface area contributed by atoms with Crippen LogP contribution >= 0.6 is 0 Å². The van der Waals surface area contributed by atoms with Crippen LogP contribution in [0.15, 0.2) is 4.52 Å². The number of ketones is 1. The molecule has 1 aliphatic rings. The molecule has 1 aromatic rings. The van der Waals surface area contributed by atoms with Crippen molar-refractivity contribution in [2.45, 2.75) is 32.6 Å². The fourth-order valence-corrected chi connectivity index (χ4v) is 1.67. The van der Waals surface area contributed by atoms with E-state index in [9.17, 15) is 4.79 Å². The Morgan fingerprint density at radius 2 is 2.17 bits per heavy atom. The SMILES string of the molecule is CC(=O)c1onc2c1CCCC2. The van der Waals surface area contributed by atoms with Crippen molar-refractivity contribution in [2.24, 2.45) is 0 Å². The van der Waals surface area contributed by atoms with Gasteiger partial charge in [0.1, 0.15) is 0 Å². The number of carbonyl (C=O) groups is 1. The van der Waals surface area contributed by atoms with Gasteiger partial charge in [-0.2, -0.15) is 0 Å². The van der Waals surface area contributed by atoms with Gasteiger partial charge in [-0.05, 0) is 25.7 Å². The number of aryl methyl sites for hydroxylation is 1. The molecule has 0 unspecified atom stereocenters. The lowest BCUT2D eigenvalue weighted by atomic mass is 9.95. The van der Waals surface area contributed by atoms with Gasteiger partial charge in [0.05, 0.1) is 5.69 Å². The molecule has 0 aromatic carbocycles. The highest BCUT2D eigenvalue weighted by Gasteiger charge is 2.21. The molecule has 1 heterocycles. The lowest BCUT2D eigenvalue weighted by molar-refractivity contribution is 0.0977. The van der Waals surface area contributed by atoms with Crippen molar-refractivity contribution in [2.75, 3.05) is 0 Å². The van der Waals surface area contributed by atoms with Crippen LogP contribution < -0.4 is 0 Å². The Hall–Kier alpha value is -1.12. The average Bonchev–Trinajstić information content (AvgIpc) is 2.47. The minimum absolute atomic E-state index is 0.00866. The van der Waals surface area contributed by atoms with Gasteiger partial charge in [0.15, 0.2) is 5.78 Å². The molecule has 3 nitrogen and oxygen atoms in total. The number of hydrogen-bond donors (Lipinski definition) is 0. The highest BCUT2D eigenvalue weighted by Crippen LogP contribution is 2.23. The van der Waals surface area contributed by atoms with Gasteiger partial charge in [-0.1, -0.05) is 5.16 Å². The lowest BCUT2D eigenvalue weighted by Gasteiger charge is -2.07. The van der Waals surface area contributed by atoms with Crippen LogP contribution in [0.1, 0.15) is 41.6 Å². The second kappa shape index (κ2) is 2.73.